The molecule has 0 aliphatic heterocycles. The Kier molecular flexibility index (Phi) is 10.8. The van der Waals surface area contributed by atoms with Crippen LogP contribution in [0.3, 0.4) is 0 Å². The van der Waals surface area contributed by atoms with Gasteiger partial charge in [-0.25, -0.2) is 0 Å². The van der Waals surface area contributed by atoms with E-state index < -0.39 is 7.26 Å². The Labute approximate surface area is 237 Å². The average molecular weight is 624 g/mol. The third kappa shape index (κ3) is 6.29. The van der Waals surface area contributed by atoms with Gasteiger partial charge in [0.15, 0.2) is 12.7 Å². The predicted molar refractivity (Wildman–Crippen MR) is 155 cm³/mol. The molecule has 4 aromatic carbocycles. The molecule has 2 nitrogen and oxygen atoms in total. The molecule has 0 spiro atoms. The van der Waals surface area contributed by atoms with Gasteiger partial charge in [0, 0.05) is 11.0 Å². The van der Waals surface area contributed by atoms with Crippen LogP contribution in [-0.2, 0) is 0 Å². The number of amides is 1. The minimum Gasteiger partial charge on any atom is -1.00 e. The van der Waals surface area contributed by atoms with Crippen molar-refractivity contribution in [3.05, 3.63) is 137 Å². The molecule has 5 heteroatoms. The van der Waals surface area contributed by atoms with E-state index >= 15 is 0 Å². The van der Waals surface area contributed by atoms with E-state index in [9.17, 15) is 4.79 Å². The third-order valence-electron chi connectivity index (χ3n) is 5.86. The highest BCUT2D eigenvalue weighted by Crippen LogP contribution is 2.61. The van der Waals surface area contributed by atoms with Crippen molar-refractivity contribution in [3.8, 4) is 0 Å². The predicted octanol–water partition coefficient (Wildman–Crippen LogP) is 3.67. The van der Waals surface area contributed by atoms with E-state index in [0.29, 0.717) is 5.56 Å². The molecule has 0 unspecified atom stereocenters. The van der Waals surface area contributed by atoms with Gasteiger partial charge in [0.05, 0.1) is 0 Å². The molecule has 0 saturated carbocycles. The van der Waals surface area contributed by atoms with Gasteiger partial charge in [0.1, 0.15) is 15.9 Å². The summed E-state index contributed by atoms with van der Waals surface area (Å²) in [7, 11) is -2.38. The van der Waals surface area contributed by atoms with Crippen LogP contribution in [0.15, 0.2) is 126 Å². The molecule has 0 fully saturated rings. The van der Waals surface area contributed by atoms with Gasteiger partial charge >= 0.3 is 0 Å². The molecule has 0 bridgehead atoms. The Morgan fingerprint density at radius 1 is 0.750 bits per heavy atom. The average Bonchev–Trinajstić information content (AvgIpc) is 2.91. The molecular weight excluding hydrogens is 592 g/mol. The van der Waals surface area contributed by atoms with Gasteiger partial charge in [-0.1, -0.05) is 79.2 Å². The number of benzene rings is 4. The van der Waals surface area contributed by atoms with E-state index in [2.05, 4.69) is 90.4 Å². The van der Waals surface area contributed by atoms with Gasteiger partial charge in [-0.15, -0.1) is 11.8 Å². The molecule has 0 aliphatic carbocycles. The Bertz CT molecular complexity index is 1170. The largest absolute Gasteiger partial charge is 1.00 e. The van der Waals surface area contributed by atoms with E-state index in [-0.39, 0.29) is 29.9 Å². The zero-order valence-electron chi connectivity index (χ0n) is 20.6. The first-order valence-corrected chi connectivity index (χ1v) is 14.8. The van der Waals surface area contributed by atoms with Crippen molar-refractivity contribution in [2.45, 2.75) is 20.3 Å². The van der Waals surface area contributed by atoms with Gasteiger partial charge < -0.3 is 24.0 Å². The molecule has 0 atom stereocenters. The number of hydrogen-bond donors (Lipinski definition) is 1. The molecule has 4 rings (SSSR count). The van der Waals surface area contributed by atoms with E-state index in [1.165, 1.54) is 15.9 Å². The van der Waals surface area contributed by atoms with Gasteiger partial charge in [-0.3, -0.25) is 10.1 Å². The quantitative estimate of drug-likeness (QED) is 0.175. The Hall–Kier alpha value is -2.40. The maximum atomic E-state index is 13.6. The van der Waals surface area contributed by atoms with Crippen LogP contribution >= 0.6 is 19.0 Å². The summed E-state index contributed by atoms with van der Waals surface area (Å²) in [5.74, 6) is 0.906. The maximum absolute atomic E-state index is 13.6. The van der Waals surface area contributed by atoms with Crippen molar-refractivity contribution >= 4 is 40.8 Å². The van der Waals surface area contributed by atoms with Crippen LogP contribution < -0.4 is 45.2 Å². The van der Waals surface area contributed by atoms with E-state index in [4.69, 9.17) is 0 Å². The molecule has 0 heterocycles. The molecule has 0 aliphatic rings. The second kappa shape index (κ2) is 13.8. The maximum Gasteiger partial charge on any atom is 0.258 e. The summed E-state index contributed by atoms with van der Waals surface area (Å²) in [6.07, 6.45) is 1.06. The van der Waals surface area contributed by atoms with Crippen LogP contribution in [-0.4, -0.2) is 11.7 Å². The first-order chi connectivity index (χ1) is 17.2. The summed E-state index contributed by atoms with van der Waals surface area (Å²) in [6, 6.07) is 39.7. The summed E-state index contributed by atoms with van der Waals surface area (Å²) in [4.78, 5) is 13.6. The molecule has 4 aromatic rings. The summed E-state index contributed by atoms with van der Waals surface area (Å²) in [5.41, 5.74) is 2.76. The number of halogens is 1. The second-order valence-electron chi connectivity index (χ2n) is 8.37. The molecule has 1 amide bonds. The highest BCUT2D eigenvalue weighted by Gasteiger charge is 2.50. The van der Waals surface area contributed by atoms with Gasteiger partial charge in [-0.2, -0.15) is 0 Å². The van der Waals surface area contributed by atoms with Crippen molar-refractivity contribution in [2.75, 3.05) is 5.75 Å². The molecule has 184 valence electrons. The summed E-state index contributed by atoms with van der Waals surface area (Å²) in [5, 5.41) is 9.23. The molecule has 0 saturated heterocycles. The SMILES string of the molecule is CCCS/C=C(/NC(=O)c1ccc(C)cc1)[P+](c1ccccc1)(c1ccccc1)c1ccccc1.[I-]. The lowest BCUT2D eigenvalue weighted by atomic mass is 10.1. The number of hydrogen-bond acceptors (Lipinski definition) is 2. The lowest BCUT2D eigenvalue weighted by molar-refractivity contribution is -0.0000152. The zero-order chi connectivity index (χ0) is 24.5. The van der Waals surface area contributed by atoms with Crippen LogP contribution in [0, 0.1) is 6.92 Å². The minimum absolute atomic E-state index is 0. The Balaban J connectivity index is 0.00000361. The lowest BCUT2D eigenvalue weighted by Crippen LogP contribution is -3.00. The molecular formula is C31H31INOPS. The van der Waals surface area contributed by atoms with Gasteiger partial charge in [-0.05, 0) is 67.6 Å². The molecule has 36 heavy (non-hydrogen) atoms. The van der Waals surface area contributed by atoms with Gasteiger partial charge in [0.25, 0.3) is 5.91 Å². The van der Waals surface area contributed by atoms with Crippen LogP contribution in [0.1, 0.15) is 29.3 Å². The van der Waals surface area contributed by atoms with E-state index in [1.54, 1.807) is 11.8 Å². The fourth-order valence-corrected chi connectivity index (χ4v) is 9.44. The summed E-state index contributed by atoms with van der Waals surface area (Å²) in [6.45, 7) is 4.21. The van der Waals surface area contributed by atoms with Crippen LogP contribution in [0.25, 0.3) is 0 Å². The van der Waals surface area contributed by atoms with Crippen molar-refractivity contribution < 1.29 is 28.8 Å². The van der Waals surface area contributed by atoms with E-state index in [0.717, 1.165) is 23.2 Å². The van der Waals surface area contributed by atoms with Crippen molar-refractivity contribution in [1.29, 1.82) is 0 Å². The number of carbonyl (C=O) groups is 1. The molecule has 1 N–H and O–H groups in total. The topological polar surface area (TPSA) is 29.1 Å². The minimum atomic E-state index is -2.38. The first-order valence-electron chi connectivity index (χ1n) is 11.9. The number of thioether (sulfide) groups is 1. The third-order valence-corrected chi connectivity index (χ3v) is 11.3. The zero-order valence-corrected chi connectivity index (χ0v) is 24.5. The smallest absolute Gasteiger partial charge is 0.258 e. The van der Waals surface area contributed by atoms with Crippen molar-refractivity contribution in [2.24, 2.45) is 0 Å². The Morgan fingerprint density at radius 2 is 1.19 bits per heavy atom. The van der Waals surface area contributed by atoms with Gasteiger partial charge in [0.2, 0.25) is 0 Å². The second-order valence-corrected chi connectivity index (χ2v) is 12.7. The van der Waals surface area contributed by atoms with Crippen molar-refractivity contribution in [1.82, 2.24) is 5.32 Å². The normalized spacial score (nSPS) is 11.4. The van der Waals surface area contributed by atoms with Crippen LogP contribution in [0.4, 0.5) is 0 Å². The number of carbonyl (C=O) groups excluding carboxylic acids is 1. The van der Waals surface area contributed by atoms with E-state index in [1.807, 2.05) is 49.4 Å². The highest BCUT2D eigenvalue weighted by atomic mass is 127. The van der Waals surface area contributed by atoms with Crippen LogP contribution in [0.2, 0.25) is 0 Å². The first kappa shape index (κ1) is 28.2. The van der Waals surface area contributed by atoms with Crippen molar-refractivity contribution in [3.63, 3.8) is 0 Å². The molecule has 0 radical (unpaired) electrons. The number of rotatable bonds is 9. The van der Waals surface area contributed by atoms with Crippen LogP contribution in [0.5, 0.6) is 0 Å². The highest BCUT2D eigenvalue weighted by molar-refractivity contribution is 8.04. The number of nitrogens with one attached hydrogen (secondary N) is 1. The lowest BCUT2D eigenvalue weighted by Gasteiger charge is -2.29. The molecule has 0 aromatic heterocycles. The Morgan fingerprint density at radius 3 is 1.61 bits per heavy atom. The summed E-state index contributed by atoms with van der Waals surface area (Å²) < 4.78 is 0. The fourth-order valence-electron chi connectivity index (χ4n) is 4.16. The standard InChI is InChI=1S/C31H30NOPS.HI/c1-3-23-35-24-30(32-31(33)26-21-19-25(2)20-22-26)34(27-13-7-4-8-14-27,28-15-9-5-10-16-28)29-17-11-6-12-18-29;/h4-22,24H,3,23H2,1-2H3;1H/b30-24-;. The number of aryl methyl sites for hydroxylation is 1. The fraction of sp³-hybridized carbons (Fsp3) is 0.129. The summed E-state index contributed by atoms with van der Waals surface area (Å²) >= 11 is 1.76. The monoisotopic (exact) mass is 623 g/mol.